The first kappa shape index (κ1) is 35.8. The van der Waals surface area contributed by atoms with Gasteiger partial charge in [-0.05, 0) is 45.6 Å². The van der Waals surface area contributed by atoms with Gasteiger partial charge in [-0.2, -0.15) is 9.67 Å². The van der Waals surface area contributed by atoms with Crippen molar-refractivity contribution in [3.63, 3.8) is 0 Å². The zero-order valence-electron chi connectivity index (χ0n) is 32.2. The zero-order chi connectivity index (χ0) is 38.4. The molecule has 2 aliphatic heterocycles. The summed E-state index contributed by atoms with van der Waals surface area (Å²) in [4.78, 5) is 26.4. The van der Waals surface area contributed by atoms with E-state index in [4.69, 9.17) is 34.3 Å². The second kappa shape index (κ2) is 12.4. The van der Waals surface area contributed by atoms with Gasteiger partial charge in [0.1, 0.15) is 35.1 Å². The Balaban J connectivity index is 1.28. The minimum absolute atomic E-state index is 0.246. The van der Waals surface area contributed by atoms with E-state index >= 15 is 0 Å². The fraction of sp³-hybridized carbons (Fsp3) is 0.647. The maximum Gasteiger partial charge on any atom is 0.331 e. The molecule has 8 rings (SSSR count). The molecule has 6 aromatic heterocycles. The van der Waals surface area contributed by atoms with Crippen molar-refractivity contribution in [2.24, 2.45) is 0 Å². The van der Waals surface area contributed by atoms with Crippen molar-refractivity contribution in [1.29, 1.82) is 0 Å². The number of fused-ring (bicyclic) bond motifs is 2. The van der Waals surface area contributed by atoms with Crippen LogP contribution in [0.3, 0.4) is 0 Å². The average molecular weight is 744 g/mol. The van der Waals surface area contributed by atoms with Crippen LogP contribution in [0.4, 0.5) is 11.6 Å². The van der Waals surface area contributed by atoms with E-state index in [0.717, 1.165) is 0 Å². The molecule has 0 aliphatic carbocycles. The highest BCUT2D eigenvalue weighted by atomic mass is 16.6. The van der Waals surface area contributed by atoms with Gasteiger partial charge in [-0.15, -0.1) is 5.10 Å². The Morgan fingerprint density at radius 3 is 1.91 bits per heavy atom. The first-order chi connectivity index (χ1) is 25.4. The lowest BCUT2D eigenvalue weighted by atomic mass is 9.92. The summed E-state index contributed by atoms with van der Waals surface area (Å²) in [5.74, 6) is 2.43. The third-order valence-electron chi connectivity index (χ3n) is 10.3. The lowest BCUT2D eigenvalue weighted by molar-refractivity contribution is -0.753. The summed E-state index contributed by atoms with van der Waals surface area (Å²) in [5, 5.41) is 52.3. The highest BCUT2D eigenvalue weighted by molar-refractivity contribution is 5.83. The molecule has 54 heavy (non-hydrogen) atoms. The Hall–Kier alpha value is -5.24. The summed E-state index contributed by atoms with van der Waals surface area (Å²) >= 11 is 0. The van der Waals surface area contributed by atoms with E-state index in [0.29, 0.717) is 114 Å². The van der Waals surface area contributed by atoms with E-state index in [1.807, 2.05) is 42.1 Å². The van der Waals surface area contributed by atoms with Gasteiger partial charge in [0.25, 0.3) is 5.52 Å². The molecule has 2 saturated heterocycles. The molecule has 0 amide bonds. The van der Waals surface area contributed by atoms with Crippen LogP contribution in [0, 0.1) is 13.8 Å². The van der Waals surface area contributed by atoms with Crippen LogP contribution in [-0.4, -0.2) is 113 Å². The predicted molar refractivity (Wildman–Crippen MR) is 192 cm³/mol. The van der Waals surface area contributed by atoms with E-state index in [9.17, 15) is 10.2 Å². The fourth-order valence-corrected chi connectivity index (χ4v) is 7.03. The number of hydrogen-bond acceptors (Lipinski definition) is 17. The van der Waals surface area contributed by atoms with Crippen molar-refractivity contribution >= 4 is 34.0 Å². The van der Waals surface area contributed by atoms with E-state index in [1.54, 1.807) is 4.68 Å². The molecule has 0 saturated carbocycles. The first-order valence-corrected chi connectivity index (χ1v) is 18.2. The number of aryl methyl sites for hydroxylation is 2. The van der Waals surface area contributed by atoms with Gasteiger partial charge >= 0.3 is 5.65 Å². The van der Waals surface area contributed by atoms with Gasteiger partial charge in [-0.3, -0.25) is 0 Å². The van der Waals surface area contributed by atoms with E-state index in [2.05, 4.69) is 70.5 Å². The molecule has 0 radical (unpaired) electrons. The summed E-state index contributed by atoms with van der Waals surface area (Å²) < 4.78 is 13.7. The normalized spacial score (nSPS) is 21.1. The maximum absolute atomic E-state index is 11.0. The SMILES string of the molecule is Cc1nonc1Cn1nnc2c(N3CC[C@](C)(O)C3)nc(C(C)(C)Cn3nc4c(N5CC[C@@](C)(O)C5)nc(C(C)(C)C)nc4[n+]3Cc3nonc3C)nc21. The molecule has 2 aliphatic rings. The summed E-state index contributed by atoms with van der Waals surface area (Å²) in [6.45, 7) is 20.5. The Kier molecular flexibility index (Phi) is 8.22. The van der Waals surface area contributed by atoms with Gasteiger partial charge in [0.2, 0.25) is 5.82 Å². The molecule has 2 fully saturated rings. The van der Waals surface area contributed by atoms with Crippen LogP contribution < -0.4 is 14.5 Å². The Bertz CT molecular complexity index is 2360. The molecular weight excluding hydrogens is 696 g/mol. The van der Waals surface area contributed by atoms with Crippen LogP contribution in [0.5, 0.6) is 0 Å². The summed E-state index contributed by atoms with van der Waals surface area (Å²) in [6.07, 6.45) is 1.19. The van der Waals surface area contributed by atoms with Crippen LogP contribution in [0.2, 0.25) is 0 Å². The van der Waals surface area contributed by atoms with Gasteiger partial charge in [0.15, 0.2) is 22.8 Å². The highest BCUT2D eigenvalue weighted by Gasteiger charge is 2.40. The smallest absolute Gasteiger partial charge is 0.331 e. The predicted octanol–water partition coefficient (Wildman–Crippen LogP) is 1.33. The van der Waals surface area contributed by atoms with Crippen LogP contribution >= 0.6 is 0 Å². The summed E-state index contributed by atoms with van der Waals surface area (Å²) in [7, 11) is 0. The number of β-amino-alcohol motifs (C(OH)–C–C–N with tert-alkyl or cyclic N) is 2. The number of aromatic nitrogens is 14. The zero-order valence-corrected chi connectivity index (χ0v) is 32.2. The molecule has 0 bridgehead atoms. The van der Waals surface area contributed by atoms with Crippen molar-refractivity contribution in [1.82, 2.24) is 65.5 Å². The molecule has 20 heteroatoms. The van der Waals surface area contributed by atoms with Crippen molar-refractivity contribution in [3.05, 3.63) is 34.4 Å². The molecule has 6 aromatic rings. The quantitative estimate of drug-likeness (QED) is 0.199. The molecule has 0 spiro atoms. The standard InChI is InChI=1S/C34H47N16O4/c1-19-21(43-53-41-19)14-48-27-23(39-45-48)25(46-12-10-33(8,51)17-46)36-30(37-27)32(6,7)16-50-40-24-26(47-13-11-34(9,52)18-47)35-29(31(3,4)5)38-28(24)49(50)15-22-20(2)42-54-44-22/h51-52H,10-18H2,1-9H3/q+1/t33-,34+/m0/s1. The van der Waals surface area contributed by atoms with Crippen LogP contribution in [0.15, 0.2) is 9.26 Å². The second-order valence-corrected chi connectivity index (χ2v) is 17.1. The van der Waals surface area contributed by atoms with Crippen LogP contribution in [0.25, 0.3) is 22.3 Å². The molecule has 0 unspecified atom stereocenters. The minimum Gasteiger partial charge on any atom is -0.388 e. The first-order valence-electron chi connectivity index (χ1n) is 18.2. The highest BCUT2D eigenvalue weighted by Crippen LogP contribution is 2.34. The maximum atomic E-state index is 11.0. The lowest BCUT2D eigenvalue weighted by Gasteiger charge is -2.25. The third-order valence-corrected chi connectivity index (χ3v) is 10.3. The molecule has 2 atom stereocenters. The summed E-state index contributed by atoms with van der Waals surface area (Å²) in [5.41, 5.74) is 1.93. The number of anilines is 2. The number of aliphatic hydroxyl groups is 2. The summed E-state index contributed by atoms with van der Waals surface area (Å²) in [6, 6.07) is 0. The molecule has 8 heterocycles. The Labute approximate surface area is 310 Å². The monoisotopic (exact) mass is 743 g/mol. The van der Waals surface area contributed by atoms with Crippen molar-refractivity contribution < 1.29 is 24.2 Å². The van der Waals surface area contributed by atoms with Crippen molar-refractivity contribution in [3.8, 4) is 0 Å². The third kappa shape index (κ3) is 6.50. The van der Waals surface area contributed by atoms with E-state index < -0.39 is 16.6 Å². The van der Waals surface area contributed by atoms with E-state index in [1.165, 1.54) is 0 Å². The average Bonchev–Trinajstić information content (AvgIpc) is 3.95. The van der Waals surface area contributed by atoms with Gasteiger partial charge < -0.3 is 20.0 Å². The largest absolute Gasteiger partial charge is 0.388 e. The Morgan fingerprint density at radius 2 is 1.35 bits per heavy atom. The fourth-order valence-electron chi connectivity index (χ4n) is 7.03. The number of nitrogens with zero attached hydrogens (tertiary/aromatic N) is 16. The Morgan fingerprint density at radius 1 is 0.759 bits per heavy atom. The van der Waals surface area contributed by atoms with Crippen molar-refractivity contribution in [2.45, 2.75) is 117 Å². The van der Waals surface area contributed by atoms with Crippen molar-refractivity contribution in [2.75, 3.05) is 36.0 Å². The lowest BCUT2D eigenvalue weighted by Crippen LogP contribution is -2.48. The molecule has 286 valence electrons. The van der Waals surface area contributed by atoms with E-state index in [-0.39, 0.29) is 18.5 Å². The number of hydrogen-bond donors (Lipinski definition) is 2. The molecule has 0 aromatic carbocycles. The topological polar surface area (TPSA) is 229 Å². The van der Waals surface area contributed by atoms with Crippen LogP contribution in [0.1, 0.15) is 95.7 Å². The molecular formula is C34H47N16O4+. The minimum atomic E-state index is -0.880. The van der Waals surface area contributed by atoms with Gasteiger partial charge in [0.05, 0.1) is 24.3 Å². The number of rotatable bonds is 9. The molecule has 2 N–H and O–H groups in total. The molecule has 20 nitrogen and oxygen atoms in total. The second-order valence-electron chi connectivity index (χ2n) is 17.1. The van der Waals surface area contributed by atoms with Crippen LogP contribution in [-0.2, 0) is 30.5 Å². The van der Waals surface area contributed by atoms with Gasteiger partial charge in [-0.25, -0.2) is 23.9 Å². The van der Waals surface area contributed by atoms with Gasteiger partial charge in [0, 0.05) is 37.0 Å². The van der Waals surface area contributed by atoms with Gasteiger partial charge in [-0.1, -0.05) is 70.2 Å².